The Morgan fingerprint density at radius 2 is 1.41 bits per heavy atom. The SMILES string of the molecule is CC(C)(C)C1CCC(=CSCP(=O)(c2ccccc2)c2ccccc2)CC1. The molecule has 2 aromatic carbocycles. The molecule has 3 rings (SSSR count). The fraction of sp³-hybridized carbons (Fsp3) is 0.417. The molecule has 1 fully saturated rings. The predicted octanol–water partition coefficient (Wildman–Crippen LogP) is 6.81. The minimum atomic E-state index is -2.61. The van der Waals surface area contributed by atoms with Crippen LogP contribution in [-0.4, -0.2) is 5.49 Å². The fourth-order valence-corrected chi connectivity index (χ4v) is 8.28. The summed E-state index contributed by atoms with van der Waals surface area (Å²) in [5.74, 6) is 0.819. The smallest absolute Gasteiger partial charge is 0.152 e. The first-order chi connectivity index (χ1) is 12.9. The van der Waals surface area contributed by atoms with Gasteiger partial charge in [0.1, 0.15) is 0 Å². The van der Waals surface area contributed by atoms with Crippen molar-refractivity contribution in [2.45, 2.75) is 46.5 Å². The number of thioether (sulfide) groups is 1. The Kier molecular flexibility index (Phi) is 6.71. The molecule has 0 N–H and O–H groups in total. The van der Waals surface area contributed by atoms with E-state index in [1.807, 2.05) is 60.7 Å². The van der Waals surface area contributed by atoms with Crippen LogP contribution in [0.2, 0.25) is 0 Å². The number of hydrogen-bond acceptors (Lipinski definition) is 2. The first-order valence-corrected chi connectivity index (χ1v) is 12.8. The van der Waals surface area contributed by atoms with Crippen molar-refractivity contribution < 1.29 is 4.57 Å². The van der Waals surface area contributed by atoms with Gasteiger partial charge in [0, 0.05) is 10.6 Å². The maximum absolute atomic E-state index is 14.0. The van der Waals surface area contributed by atoms with Crippen molar-refractivity contribution in [2.24, 2.45) is 11.3 Å². The maximum Gasteiger partial charge on any atom is 0.152 e. The van der Waals surface area contributed by atoms with Gasteiger partial charge in [0.25, 0.3) is 0 Å². The van der Waals surface area contributed by atoms with Gasteiger partial charge >= 0.3 is 0 Å². The van der Waals surface area contributed by atoms with Crippen LogP contribution in [-0.2, 0) is 4.57 Å². The van der Waals surface area contributed by atoms with Crippen molar-refractivity contribution in [3.05, 3.63) is 71.6 Å². The van der Waals surface area contributed by atoms with E-state index in [0.717, 1.165) is 16.5 Å². The van der Waals surface area contributed by atoms with Crippen LogP contribution in [0.15, 0.2) is 71.6 Å². The van der Waals surface area contributed by atoms with Crippen molar-refractivity contribution in [1.29, 1.82) is 0 Å². The minimum absolute atomic E-state index is 0.412. The maximum atomic E-state index is 14.0. The summed E-state index contributed by atoms with van der Waals surface area (Å²) in [6.07, 6.45) is 4.95. The number of benzene rings is 2. The van der Waals surface area contributed by atoms with E-state index in [1.165, 1.54) is 31.3 Å². The Labute approximate surface area is 169 Å². The molecule has 0 heterocycles. The van der Waals surface area contributed by atoms with Gasteiger partial charge in [-0.3, -0.25) is 0 Å². The van der Waals surface area contributed by atoms with Crippen molar-refractivity contribution in [3.63, 3.8) is 0 Å². The highest BCUT2D eigenvalue weighted by molar-refractivity contribution is 8.10. The first kappa shape index (κ1) is 20.5. The molecule has 0 amide bonds. The Hall–Kier alpha value is -1.24. The largest absolute Gasteiger partial charge is 0.313 e. The van der Waals surface area contributed by atoms with E-state index < -0.39 is 7.14 Å². The highest BCUT2D eigenvalue weighted by Crippen LogP contribution is 2.47. The zero-order chi connectivity index (χ0) is 19.3. The molecular weight excluding hydrogens is 367 g/mol. The van der Waals surface area contributed by atoms with Crippen molar-refractivity contribution >= 4 is 29.5 Å². The molecule has 0 aromatic heterocycles. The average molecular weight is 399 g/mol. The zero-order valence-corrected chi connectivity index (χ0v) is 18.4. The van der Waals surface area contributed by atoms with E-state index in [0.29, 0.717) is 10.9 Å². The molecule has 144 valence electrons. The standard InChI is InChI=1S/C24H31OPS/c1-24(2,3)21-16-14-20(15-17-21)18-27-19-26(25,22-10-6-4-7-11-22)23-12-8-5-9-13-23/h4-13,18,21H,14-17,19H2,1-3H3. The molecule has 1 nitrogen and oxygen atoms in total. The topological polar surface area (TPSA) is 17.1 Å². The summed E-state index contributed by atoms with van der Waals surface area (Å²) in [7, 11) is -2.61. The lowest BCUT2D eigenvalue weighted by atomic mass is 9.71. The van der Waals surface area contributed by atoms with Gasteiger partial charge in [-0.1, -0.05) is 87.0 Å². The van der Waals surface area contributed by atoms with Crippen molar-refractivity contribution in [1.82, 2.24) is 0 Å². The molecule has 1 saturated carbocycles. The second kappa shape index (κ2) is 8.84. The number of hydrogen-bond donors (Lipinski definition) is 0. The molecule has 0 atom stereocenters. The third-order valence-electron chi connectivity index (χ3n) is 5.71. The van der Waals surface area contributed by atoms with Gasteiger partial charge in [-0.15, -0.1) is 11.8 Å². The molecule has 1 aliphatic rings. The predicted molar refractivity (Wildman–Crippen MR) is 122 cm³/mol. The molecule has 3 heteroatoms. The summed E-state index contributed by atoms with van der Waals surface area (Å²) in [4.78, 5) is 0. The lowest BCUT2D eigenvalue weighted by Crippen LogP contribution is -2.23. The summed E-state index contributed by atoms with van der Waals surface area (Å²) in [5, 5.41) is 4.22. The van der Waals surface area contributed by atoms with Crippen LogP contribution in [0.3, 0.4) is 0 Å². The van der Waals surface area contributed by atoms with E-state index in [4.69, 9.17) is 0 Å². The summed E-state index contributed by atoms with van der Waals surface area (Å²) >= 11 is 1.74. The molecule has 0 aliphatic heterocycles. The number of allylic oxidation sites excluding steroid dienone is 1. The average Bonchev–Trinajstić information content (AvgIpc) is 2.69. The van der Waals surface area contributed by atoms with Crippen LogP contribution >= 0.6 is 18.9 Å². The van der Waals surface area contributed by atoms with Gasteiger partial charge in [-0.05, 0) is 42.4 Å². The van der Waals surface area contributed by atoms with Crippen molar-refractivity contribution in [3.8, 4) is 0 Å². The summed E-state index contributed by atoms with van der Waals surface area (Å²) in [5.41, 5.74) is 2.58. The molecule has 0 bridgehead atoms. The lowest BCUT2D eigenvalue weighted by molar-refractivity contribution is 0.197. The zero-order valence-electron chi connectivity index (χ0n) is 16.7. The van der Waals surface area contributed by atoms with Crippen LogP contribution in [0.5, 0.6) is 0 Å². The van der Waals surface area contributed by atoms with Gasteiger partial charge < -0.3 is 4.57 Å². The monoisotopic (exact) mass is 398 g/mol. The summed E-state index contributed by atoms with van der Waals surface area (Å²) in [6, 6.07) is 20.0. The summed E-state index contributed by atoms with van der Waals surface area (Å²) < 4.78 is 14.0. The molecule has 0 spiro atoms. The van der Waals surface area contributed by atoms with Gasteiger partial charge in [-0.25, -0.2) is 0 Å². The van der Waals surface area contributed by atoms with Crippen LogP contribution in [0.4, 0.5) is 0 Å². The first-order valence-electron chi connectivity index (χ1n) is 9.89. The van der Waals surface area contributed by atoms with Crippen molar-refractivity contribution in [2.75, 3.05) is 5.49 Å². The van der Waals surface area contributed by atoms with Gasteiger partial charge in [0.2, 0.25) is 0 Å². The van der Waals surface area contributed by atoms with E-state index in [2.05, 4.69) is 26.2 Å². The Balaban J connectivity index is 1.71. The molecule has 0 radical (unpaired) electrons. The van der Waals surface area contributed by atoms with Crippen LogP contribution in [0.1, 0.15) is 46.5 Å². The second-order valence-electron chi connectivity index (χ2n) is 8.62. The number of rotatable bonds is 5. The Morgan fingerprint density at radius 3 is 1.85 bits per heavy atom. The van der Waals surface area contributed by atoms with Crippen LogP contribution in [0, 0.1) is 11.3 Å². The molecule has 0 saturated heterocycles. The summed E-state index contributed by atoms with van der Waals surface area (Å²) in [6.45, 7) is 7.07. The highest BCUT2D eigenvalue weighted by Gasteiger charge is 2.29. The quantitative estimate of drug-likeness (QED) is 0.515. The van der Waals surface area contributed by atoms with Crippen LogP contribution in [0.25, 0.3) is 0 Å². The second-order valence-corrected chi connectivity index (χ2v) is 12.7. The highest BCUT2D eigenvalue weighted by atomic mass is 32.2. The molecule has 2 aromatic rings. The molecule has 0 unspecified atom stereocenters. The normalized spacial score (nSPS) is 18.3. The van der Waals surface area contributed by atoms with E-state index in [9.17, 15) is 4.57 Å². The lowest BCUT2D eigenvalue weighted by Gasteiger charge is -2.34. The van der Waals surface area contributed by atoms with E-state index >= 15 is 0 Å². The van der Waals surface area contributed by atoms with Gasteiger partial charge in [-0.2, -0.15) is 0 Å². The van der Waals surface area contributed by atoms with Gasteiger partial charge in [0.05, 0.1) is 5.49 Å². The van der Waals surface area contributed by atoms with E-state index in [-0.39, 0.29) is 0 Å². The Bertz CT molecular complexity index is 752. The molecule has 1 aliphatic carbocycles. The third-order valence-corrected chi connectivity index (χ3v) is 10.5. The van der Waals surface area contributed by atoms with E-state index in [1.54, 1.807) is 11.8 Å². The molecule has 27 heavy (non-hydrogen) atoms. The Morgan fingerprint density at radius 1 is 0.926 bits per heavy atom. The fourth-order valence-electron chi connectivity index (χ4n) is 3.87. The molecular formula is C24H31OPS. The third kappa shape index (κ3) is 5.18. The van der Waals surface area contributed by atoms with Crippen LogP contribution < -0.4 is 10.6 Å². The minimum Gasteiger partial charge on any atom is -0.313 e. The van der Waals surface area contributed by atoms with Gasteiger partial charge in [0.15, 0.2) is 7.14 Å².